The van der Waals surface area contributed by atoms with Gasteiger partial charge in [0, 0.05) is 25.6 Å². The summed E-state index contributed by atoms with van der Waals surface area (Å²) in [7, 11) is 0. The Labute approximate surface area is 103 Å². The summed E-state index contributed by atoms with van der Waals surface area (Å²) in [6, 6.07) is 0.275. The van der Waals surface area contributed by atoms with Gasteiger partial charge in [-0.25, -0.2) is 0 Å². The highest BCUT2D eigenvalue weighted by Crippen LogP contribution is 2.09. The van der Waals surface area contributed by atoms with Crippen LogP contribution in [0.2, 0.25) is 0 Å². The van der Waals surface area contributed by atoms with Crippen molar-refractivity contribution >= 4 is 11.9 Å². The number of nitrogens with one attached hydrogen (secondary N) is 1. The number of rotatable bonds is 4. The number of hydrogen-bond acceptors (Lipinski definition) is 2. The third kappa shape index (κ3) is 5.56. The lowest BCUT2D eigenvalue weighted by Crippen LogP contribution is -2.38. The van der Waals surface area contributed by atoms with Crippen molar-refractivity contribution < 1.29 is 4.79 Å². The van der Waals surface area contributed by atoms with E-state index in [2.05, 4.69) is 10.3 Å². The van der Waals surface area contributed by atoms with E-state index in [-0.39, 0.29) is 11.9 Å². The molecule has 5 nitrogen and oxygen atoms in total. The standard InChI is InChI=1S/C12H24N4O/c1-10(2)15-12(13)14-7-6-11(17)16-8-4-3-5-9-16/h10H,3-9H2,1-2H3,(H3,13,14,15). The zero-order valence-electron chi connectivity index (χ0n) is 10.9. The number of carbonyl (C=O) groups is 1. The first-order valence-corrected chi connectivity index (χ1v) is 6.44. The van der Waals surface area contributed by atoms with Gasteiger partial charge in [-0.2, -0.15) is 0 Å². The van der Waals surface area contributed by atoms with Crippen LogP contribution in [0.4, 0.5) is 0 Å². The molecule has 0 bridgehead atoms. The van der Waals surface area contributed by atoms with Crippen molar-refractivity contribution in [2.24, 2.45) is 10.7 Å². The molecule has 0 aromatic carbocycles. The molecule has 0 aromatic heterocycles. The van der Waals surface area contributed by atoms with Crippen LogP contribution in [0.25, 0.3) is 0 Å². The number of nitrogens with zero attached hydrogens (tertiary/aromatic N) is 2. The maximum absolute atomic E-state index is 11.8. The largest absolute Gasteiger partial charge is 0.370 e. The Kier molecular flexibility index (Phi) is 5.80. The maximum Gasteiger partial charge on any atom is 0.224 e. The summed E-state index contributed by atoms with van der Waals surface area (Å²) < 4.78 is 0. The highest BCUT2D eigenvalue weighted by atomic mass is 16.2. The van der Waals surface area contributed by atoms with Gasteiger partial charge in [0.2, 0.25) is 5.91 Å². The van der Waals surface area contributed by atoms with Crippen LogP contribution in [-0.2, 0) is 4.79 Å². The molecule has 17 heavy (non-hydrogen) atoms. The van der Waals surface area contributed by atoms with Crippen molar-refractivity contribution in [2.75, 3.05) is 19.6 Å². The Balaban J connectivity index is 2.23. The lowest BCUT2D eigenvalue weighted by atomic mass is 10.1. The van der Waals surface area contributed by atoms with Crippen LogP contribution < -0.4 is 11.1 Å². The van der Waals surface area contributed by atoms with E-state index in [1.165, 1.54) is 6.42 Å². The van der Waals surface area contributed by atoms with Crippen LogP contribution in [-0.4, -0.2) is 42.4 Å². The fraction of sp³-hybridized carbons (Fsp3) is 0.833. The Bertz CT molecular complexity index is 270. The number of hydrogen-bond donors (Lipinski definition) is 2. The molecule has 1 heterocycles. The van der Waals surface area contributed by atoms with Crippen molar-refractivity contribution in [1.82, 2.24) is 10.2 Å². The summed E-state index contributed by atoms with van der Waals surface area (Å²) in [5.74, 6) is 0.622. The minimum Gasteiger partial charge on any atom is -0.370 e. The maximum atomic E-state index is 11.8. The Hall–Kier alpha value is -1.26. The van der Waals surface area contributed by atoms with Gasteiger partial charge in [0.25, 0.3) is 0 Å². The second kappa shape index (κ2) is 7.14. The van der Waals surface area contributed by atoms with Gasteiger partial charge in [-0.1, -0.05) is 0 Å². The van der Waals surface area contributed by atoms with Gasteiger partial charge in [-0.3, -0.25) is 9.79 Å². The summed E-state index contributed by atoms with van der Waals surface area (Å²) in [6.07, 6.45) is 3.96. The van der Waals surface area contributed by atoms with Gasteiger partial charge in [0.15, 0.2) is 5.96 Å². The molecule has 0 atom stereocenters. The molecule has 0 saturated carbocycles. The van der Waals surface area contributed by atoms with Crippen molar-refractivity contribution in [1.29, 1.82) is 0 Å². The lowest BCUT2D eigenvalue weighted by molar-refractivity contribution is -0.131. The van der Waals surface area contributed by atoms with E-state index in [0.717, 1.165) is 25.9 Å². The fourth-order valence-corrected chi connectivity index (χ4v) is 1.91. The molecule has 0 unspecified atom stereocenters. The first-order valence-electron chi connectivity index (χ1n) is 6.44. The number of piperidine rings is 1. The number of likely N-dealkylation sites (tertiary alicyclic amines) is 1. The molecule has 0 aliphatic carbocycles. The second-order valence-electron chi connectivity index (χ2n) is 4.76. The van der Waals surface area contributed by atoms with Crippen LogP contribution in [0.1, 0.15) is 39.5 Å². The molecule has 1 rings (SSSR count). The van der Waals surface area contributed by atoms with E-state index in [4.69, 9.17) is 5.73 Å². The average Bonchev–Trinajstić information content (AvgIpc) is 2.29. The minimum atomic E-state index is 0.200. The van der Waals surface area contributed by atoms with Gasteiger partial charge in [-0.05, 0) is 33.1 Å². The Morgan fingerprint density at radius 3 is 2.59 bits per heavy atom. The van der Waals surface area contributed by atoms with E-state index in [1.807, 2.05) is 18.7 Å². The number of guanidine groups is 1. The lowest BCUT2D eigenvalue weighted by Gasteiger charge is -2.26. The topological polar surface area (TPSA) is 70.7 Å². The van der Waals surface area contributed by atoms with Crippen molar-refractivity contribution in [2.45, 2.75) is 45.6 Å². The summed E-state index contributed by atoms with van der Waals surface area (Å²) in [6.45, 7) is 6.29. The zero-order valence-corrected chi connectivity index (χ0v) is 10.9. The highest BCUT2D eigenvalue weighted by molar-refractivity contribution is 5.79. The normalized spacial score (nSPS) is 17.4. The minimum absolute atomic E-state index is 0.200. The van der Waals surface area contributed by atoms with Gasteiger partial charge < -0.3 is 16.0 Å². The predicted octanol–water partition coefficient (Wildman–Crippen LogP) is 0.702. The molecule has 1 aliphatic heterocycles. The molecular weight excluding hydrogens is 216 g/mol. The smallest absolute Gasteiger partial charge is 0.224 e. The summed E-state index contributed by atoms with van der Waals surface area (Å²) in [4.78, 5) is 17.9. The molecule has 1 fully saturated rings. The first kappa shape index (κ1) is 13.8. The quantitative estimate of drug-likeness (QED) is 0.561. The first-order chi connectivity index (χ1) is 8.09. The average molecular weight is 240 g/mol. The van der Waals surface area contributed by atoms with Crippen LogP contribution in [0.15, 0.2) is 4.99 Å². The summed E-state index contributed by atoms with van der Waals surface area (Å²) in [5, 5.41) is 3.00. The SMILES string of the molecule is CC(C)NC(N)=NCCC(=O)N1CCCCC1. The summed E-state index contributed by atoms with van der Waals surface area (Å²) in [5.41, 5.74) is 5.65. The monoisotopic (exact) mass is 240 g/mol. The van der Waals surface area contributed by atoms with E-state index in [1.54, 1.807) is 0 Å². The summed E-state index contributed by atoms with van der Waals surface area (Å²) >= 11 is 0. The highest BCUT2D eigenvalue weighted by Gasteiger charge is 2.15. The van der Waals surface area contributed by atoms with E-state index >= 15 is 0 Å². The van der Waals surface area contributed by atoms with E-state index in [9.17, 15) is 4.79 Å². The van der Waals surface area contributed by atoms with Crippen molar-refractivity contribution in [3.05, 3.63) is 0 Å². The molecule has 1 amide bonds. The molecule has 1 aliphatic rings. The van der Waals surface area contributed by atoms with Gasteiger partial charge in [0.1, 0.15) is 0 Å². The van der Waals surface area contributed by atoms with Crippen LogP contribution in [0, 0.1) is 0 Å². The third-order valence-electron chi connectivity index (χ3n) is 2.75. The molecule has 98 valence electrons. The van der Waals surface area contributed by atoms with E-state index in [0.29, 0.717) is 18.9 Å². The predicted molar refractivity (Wildman–Crippen MR) is 69.8 cm³/mol. The van der Waals surface area contributed by atoms with Gasteiger partial charge in [0.05, 0.1) is 6.54 Å². The molecular formula is C12H24N4O. The van der Waals surface area contributed by atoms with Crippen LogP contribution in [0.5, 0.6) is 0 Å². The molecule has 5 heteroatoms. The second-order valence-corrected chi connectivity index (χ2v) is 4.76. The molecule has 1 saturated heterocycles. The number of nitrogens with two attached hydrogens (primary N) is 1. The van der Waals surface area contributed by atoms with Crippen LogP contribution >= 0.6 is 0 Å². The Morgan fingerprint density at radius 2 is 2.00 bits per heavy atom. The molecule has 3 N–H and O–H groups in total. The van der Waals surface area contributed by atoms with Gasteiger partial charge >= 0.3 is 0 Å². The Morgan fingerprint density at radius 1 is 1.35 bits per heavy atom. The van der Waals surface area contributed by atoms with Crippen molar-refractivity contribution in [3.63, 3.8) is 0 Å². The third-order valence-corrected chi connectivity index (χ3v) is 2.75. The zero-order chi connectivity index (χ0) is 12.7. The molecule has 0 aromatic rings. The molecule has 0 radical (unpaired) electrons. The van der Waals surface area contributed by atoms with Gasteiger partial charge in [-0.15, -0.1) is 0 Å². The number of carbonyl (C=O) groups excluding carboxylic acids is 1. The van der Waals surface area contributed by atoms with E-state index < -0.39 is 0 Å². The number of amides is 1. The fourth-order valence-electron chi connectivity index (χ4n) is 1.91. The van der Waals surface area contributed by atoms with Crippen molar-refractivity contribution in [3.8, 4) is 0 Å². The number of aliphatic imine (C=N–C) groups is 1. The molecule has 0 spiro atoms. The van der Waals surface area contributed by atoms with Crippen LogP contribution in [0.3, 0.4) is 0 Å².